The van der Waals surface area contributed by atoms with E-state index in [0.29, 0.717) is 5.82 Å². The van der Waals surface area contributed by atoms with E-state index in [1.807, 2.05) is 66.7 Å². The van der Waals surface area contributed by atoms with Gasteiger partial charge < -0.3 is 8.83 Å². The number of para-hydroxylation sites is 1. The number of aromatic nitrogens is 2. The van der Waals surface area contributed by atoms with Crippen LogP contribution in [0.4, 0.5) is 0 Å². The van der Waals surface area contributed by atoms with Crippen molar-refractivity contribution in [3.05, 3.63) is 170 Å². The Morgan fingerprint density at radius 3 is 1.70 bits per heavy atom. The van der Waals surface area contributed by atoms with Gasteiger partial charge in [0.25, 0.3) is 0 Å². The Bertz CT molecular complexity index is 2800. The Kier molecular flexibility index (Phi) is 6.46. The fraction of sp³-hybridized carbons (Fsp3) is 0. The summed E-state index contributed by atoms with van der Waals surface area (Å²) in [6.45, 7) is 0. The van der Waals surface area contributed by atoms with E-state index in [2.05, 4.69) is 103 Å². The zero-order valence-electron chi connectivity index (χ0n) is 26.9. The predicted molar refractivity (Wildman–Crippen MR) is 204 cm³/mol. The minimum Gasteiger partial charge on any atom is -0.456 e. The average Bonchev–Trinajstić information content (AvgIpc) is 3.76. The maximum Gasteiger partial charge on any atom is 0.161 e. The smallest absolute Gasteiger partial charge is 0.161 e. The van der Waals surface area contributed by atoms with E-state index in [1.54, 1.807) is 0 Å². The zero-order valence-corrected chi connectivity index (χ0v) is 26.9. The van der Waals surface area contributed by atoms with Crippen LogP contribution in [0.5, 0.6) is 0 Å². The van der Waals surface area contributed by atoms with Gasteiger partial charge in [0.15, 0.2) is 5.82 Å². The maximum absolute atomic E-state index is 6.59. The molecule has 50 heavy (non-hydrogen) atoms. The Morgan fingerprint density at radius 2 is 0.980 bits per heavy atom. The van der Waals surface area contributed by atoms with Crippen molar-refractivity contribution in [1.29, 1.82) is 0 Å². The molecule has 0 atom stereocenters. The lowest BCUT2D eigenvalue weighted by Gasteiger charge is -2.10. The van der Waals surface area contributed by atoms with Gasteiger partial charge in [0.2, 0.25) is 0 Å². The Labute approximate surface area is 287 Å². The lowest BCUT2D eigenvalue weighted by atomic mass is 9.95. The zero-order chi connectivity index (χ0) is 33.0. The summed E-state index contributed by atoms with van der Waals surface area (Å²) >= 11 is 0. The Balaban J connectivity index is 1.16. The molecule has 4 nitrogen and oxygen atoms in total. The van der Waals surface area contributed by atoms with Crippen LogP contribution < -0.4 is 0 Å². The van der Waals surface area contributed by atoms with Gasteiger partial charge in [-0.2, -0.15) is 0 Å². The first-order valence-electron chi connectivity index (χ1n) is 16.7. The minimum atomic E-state index is 0.660. The topological polar surface area (TPSA) is 52.1 Å². The summed E-state index contributed by atoms with van der Waals surface area (Å²) in [5, 5.41) is 4.21. The lowest BCUT2D eigenvalue weighted by Crippen LogP contribution is -1.96. The van der Waals surface area contributed by atoms with Crippen molar-refractivity contribution < 1.29 is 8.83 Å². The van der Waals surface area contributed by atoms with E-state index in [9.17, 15) is 0 Å². The monoisotopic (exact) mass is 640 g/mol. The Morgan fingerprint density at radius 1 is 0.340 bits per heavy atom. The first-order chi connectivity index (χ1) is 24.8. The highest BCUT2D eigenvalue weighted by molar-refractivity contribution is 6.14. The third-order valence-electron chi connectivity index (χ3n) is 9.50. The molecule has 0 saturated heterocycles. The van der Waals surface area contributed by atoms with Crippen molar-refractivity contribution in [3.63, 3.8) is 0 Å². The average molecular weight is 641 g/mol. The molecule has 0 bridgehead atoms. The summed E-state index contributed by atoms with van der Waals surface area (Å²) in [6.07, 6.45) is 0. The minimum absolute atomic E-state index is 0.660. The van der Waals surface area contributed by atoms with Gasteiger partial charge in [-0.1, -0.05) is 127 Å². The van der Waals surface area contributed by atoms with Gasteiger partial charge in [-0.15, -0.1) is 0 Å². The van der Waals surface area contributed by atoms with E-state index in [0.717, 1.165) is 94.2 Å². The number of rotatable bonds is 5. The van der Waals surface area contributed by atoms with E-state index < -0.39 is 0 Å². The summed E-state index contributed by atoms with van der Waals surface area (Å²) in [4.78, 5) is 10.3. The maximum atomic E-state index is 6.59. The molecule has 0 radical (unpaired) electrons. The summed E-state index contributed by atoms with van der Waals surface area (Å²) < 4.78 is 13.0. The van der Waals surface area contributed by atoms with E-state index in [-0.39, 0.29) is 0 Å². The van der Waals surface area contributed by atoms with Crippen LogP contribution in [0.3, 0.4) is 0 Å². The molecule has 3 heterocycles. The molecular formula is C46H28N2O2. The molecule has 0 saturated carbocycles. The van der Waals surface area contributed by atoms with Crippen LogP contribution in [0.25, 0.3) is 100 Å². The normalized spacial score (nSPS) is 11.6. The molecular weight excluding hydrogens is 613 g/mol. The molecule has 4 heteroatoms. The third kappa shape index (κ3) is 4.69. The highest BCUT2D eigenvalue weighted by Crippen LogP contribution is 2.42. The van der Waals surface area contributed by atoms with Gasteiger partial charge in [0, 0.05) is 43.8 Å². The second-order valence-corrected chi connectivity index (χ2v) is 12.6. The van der Waals surface area contributed by atoms with E-state index in [1.165, 1.54) is 0 Å². The van der Waals surface area contributed by atoms with Crippen molar-refractivity contribution in [2.24, 2.45) is 0 Å². The first kappa shape index (κ1) is 28.3. The van der Waals surface area contributed by atoms with E-state index >= 15 is 0 Å². The molecule has 0 spiro atoms. The molecule has 7 aromatic carbocycles. The van der Waals surface area contributed by atoms with Crippen molar-refractivity contribution >= 4 is 43.9 Å². The first-order valence-corrected chi connectivity index (χ1v) is 16.7. The molecule has 0 N–H and O–H groups in total. The number of hydrogen-bond acceptors (Lipinski definition) is 4. The Hall–Kier alpha value is -6.78. The standard InChI is InChI=1S/C46H28N2O2/c1-4-13-29(14-5-1)37-25-33(26-38-34-19-10-11-21-41(34)50-45(37)38)32-23-24-35-43(27-32)49-42-22-12-20-36(44(35)42)46-47-39(30-15-6-2-7-16-30)28-40(48-46)31-17-8-3-9-18-31/h1-28H. The summed E-state index contributed by atoms with van der Waals surface area (Å²) in [5.74, 6) is 0.660. The third-order valence-corrected chi connectivity index (χ3v) is 9.50. The second-order valence-electron chi connectivity index (χ2n) is 12.6. The van der Waals surface area contributed by atoms with Crippen molar-refractivity contribution in [2.45, 2.75) is 0 Å². The fourth-order valence-electron chi connectivity index (χ4n) is 7.10. The molecule has 10 rings (SSSR count). The molecule has 0 aliphatic heterocycles. The molecule has 234 valence electrons. The highest BCUT2D eigenvalue weighted by Gasteiger charge is 2.19. The quantitative estimate of drug-likeness (QED) is 0.188. The van der Waals surface area contributed by atoms with Crippen LogP contribution in [-0.4, -0.2) is 9.97 Å². The number of fused-ring (bicyclic) bond motifs is 6. The highest BCUT2D eigenvalue weighted by atomic mass is 16.3. The number of benzene rings is 7. The van der Waals surface area contributed by atoms with Gasteiger partial charge in [0.05, 0.1) is 11.4 Å². The molecule has 0 aliphatic rings. The van der Waals surface area contributed by atoms with Gasteiger partial charge in [0.1, 0.15) is 22.3 Å². The second kappa shape index (κ2) is 11.4. The van der Waals surface area contributed by atoms with Crippen LogP contribution in [0.2, 0.25) is 0 Å². The van der Waals surface area contributed by atoms with Crippen molar-refractivity contribution in [3.8, 4) is 56.2 Å². The fourth-order valence-corrected chi connectivity index (χ4v) is 7.10. The van der Waals surface area contributed by atoms with Gasteiger partial charge in [-0.25, -0.2) is 9.97 Å². The molecule has 0 fully saturated rings. The summed E-state index contributed by atoms with van der Waals surface area (Å²) in [7, 11) is 0. The summed E-state index contributed by atoms with van der Waals surface area (Å²) in [5.41, 5.74) is 12.5. The summed E-state index contributed by atoms with van der Waals surface area (Å²) in [6, 6.07) is 58.4. The molecule has 0 unspecified atom stereocenters. The van der Waals surface area contributed by atoms with Crippen LogP contribution in [0.1, 0.15) is 0 Å². The lowest BCUT2D eigenvalue weighted by molar-refractivity contribution is 0.669. The van der Waals surface area contributed by atoms with Crippen LogP contribution >= 0.6 is 0 Å². The van der Waals surface area contributed by atoms with Gasteiger partial charge in [-0.3, -0.25) is 0 Å². The van der Waals surface area contributed by atoms with Crippen LogP contribution in [-0.2, 0) is 0 Å². The van der Waals surface area contributed by atoms with Gasteiger partial charge in [-0.05, 0) is 59.2 Å². The molecule has 0 amide bonds. The van der Waals surface area contributed by atoms with Crippen LogP contribution in [0.15, 0.2) is 179 Å². The number of hydrogen-bond donors (Lipinski definition) is 0. The van der Waals surface area contributed by atoms with Gasteiger partial charge >= 0.3 is 0 Å². The molecule has 0 aliphatic carbocycles. The predicted octanol–water partition coefficient (Wildman–Crippen LogP) is 12.6. The van der Waals surface area contributed by atoms with E-state index in [4.69, 9.17) is 18.8 Å². The number of nitrogens with zero attached hydrogens (tertiary/aromatic N) is 2. The van der Waals surface area contributed by atoms with Crippen molar-refractivity contribution in [1.82, 2.24) is 9.97 Å². The largest absolute Gasteiger partial charge is 0.456 e. The molecule has 10 aromatic rings. The number of furan rings is 2. The van der Waals surface area contributed by atoms with Crippen LogP contribution in [0, 0.1) is 0 Å². The SMILES string of the molecule is c1ccc(-c2cc(-c3ccccc3)nc(-c3cccc4oc5cc(-c6cc(-c7ccccc7)c7oc8ccccc8c7c6)ccc5c34)n2)cc1. The van der Waals surface area contributed by atoms with Crippen molar-refractivity contribution in [2.75, 3.05) is 0 Å². The molecule has 3 aromatic heterocycles.